The minimum absolute atomic E-state index is 0.0264. The van der Waals surface area contributed by atoms with Crippen molar-refractivity contribution in [2.45, 2.75) is 0 Å². The molecule has 0 fully saturated rings. The molecule has 1 aromatic carbocycles. The minimum atomic E-state index is -0.818. The lowest BCUT2D eigenvalue weighted by Crippen LogP contribution is -2.32. The molecule has 0 aliphatic carbocycles. The molecule has 1 aromatic heterocycles. The summed E-state index contributed by atoms with van der Waals surface area (Å²) in [6, 6.07) is 9.06. The van der Waals surface area contributed by atoms with Crippen LogP contribution < -0.4 is 14.8 Å². The average Bonchev–Trinajstić information content (AvgIpc) is 2.51. The van der Waals surface area contributed by atoms with Gasteiger partial charge >= 0.3 is 12.1 Å². The number of hydrogen-bond acceptors (Lipinski definition) is 6. The Hall–Kier alpha value is -2.83. The minimum Gasteiger partial charge on any atom is -0.491 e. The SMILES string of the molecule is COC(=O)CNC(=O)Oc1nc2ccccc2cc1OC. The van der Waals surface area contributed by atoms with Gasteiger partial charge in [0.25, 0.3) is 5.88 Å². The maximum absolute atomic E-state index is 11.6. The predicted octanol–water partition coefficient (Wildman–Crippen LogP) is 1.50. The van der Waals surface area contributed by atoms with Crippen LogP contribution in [0.25, 0.3) is 10.9 Å². The number of para-hydroxylation sites is 1. The Morgan fingerprint density at radius 2 is 2.00 bits per heavy atom. The largest absolute Gasteiger partial charge is 0.491 e. The molecule has 0 saturated heterocycles. The predicted molar refractivity (Wildman–Crippen MR) is 74.3 cm³/mol. The van der Waals surface area contributed by atoms with Crippen molar-refractivity contribution in [1.82, 2.24) is 10.3 Å². The summed E-state index contributed by atoms with van der Waals surface area (Å²) < 4.78 is 14.6. The second-order valence-electron chi connectivity index (χ2n) is 4.01. The quantitative estimate of drug-likeness (QED) is 0.859. The number of methoxy groups -OCH3 is 2. The number of fused-ring (bicyclic) bond motifs is 1. The van der Waals surface area contributed by atoms with Gasteiger partial charge in [-0.2, -0.15) is 0 Å². The molecule has 110 valence electrons. The zero-order valence-electron chi connectivity index (χ0n) is 11.6. The lowest BCUT2D eigenvalue weighted by atomic mass is 10.2. The van der Waals surface area contributed by atoms with Crippen molar-refractivity contribution < 1.29 is 23.8 Å². The van der Waals surface area contributed by atoms with Crippen LogP contribution in [0.3, 0.4) is 0 Å². The van der Waals surface area contributed by atoms with Crippen LogP contribution in [0.1, 0.15) is 0 Å². The van der Waals surface area contributed by atoms with Gasteiger partial charge in [-0.3, -0.25) is 4.79 Å². The number of carbonyl (C=O) groups is 2. The molecule has 0 aliphatic rings. The number of rotatable bonds is 4. The van der Waals surface area contributed by atoms with Crippen LogP contribution in [-0.2, 0) is 9.53 Å². The Morgan fingerprint density at radius 1 is 1.24 bits per heavy atom. The van der Waals surface area contributed by atoms with Crippen LogP contribution in [0.15, 0.2) is 30.3 Å². The van der Waals surface area contributed by atoms with Gasteiger partial charge in [0.1, 0.15) is 6.54 Å². The third kappa shape index (κ3) is 3.59. The first-order chi connectivity index (χ1) is 10.1. The standard InChI is InChI=1S/C14H14N2O5/c1-19-11-7-9-5-3-4-6-10(9)16-13(11)21-14(18)15-8-12(17)20-2/h3-7H,8H2,1-2H3,(H,15,18). The topological polar surface area (TPSA) is 86.8 Å². The number of hydrogen-bond donors (Lipinski definition) is 1. The number of nitrogens with one attached hydrogen (secondary N) is 1. The number of nitrogens with zero attached hydrogens (tertiary/aromatic N) is 1. The number of carbonyl (C=O) groups excluding carboxylic acids is 2. The van der Waals surface area contributed by atoms with E-state index in [1.54, 1.807) is 12.1 Å². The lowest BCUT2D eigenvalue weighted by molar-refractivity contribution is -0.139. The molecule has 21 heavy (non-hydrogen) atoms. The molecule has 0 spiro atoms. The average molecular weight is 290 g/mol. The van der Waals surface area contributed by atoms with Gasteiger partial charge in [-0.05, 0) is 12.1 Å². The summed E-state index contributed by atoms with van der Waals surface area (Å²) in [5, 5.41) is 3.11. The number of esters is 1. The van der Waals surface area contributed by atoms with Crippen LogP contribution in [0.2, 0.25) is 0 Å². The van der Waals surface area contributed by atoms with E-state index in [2.05, 4.69) is 15.0 Å². The molecule has 7 nitrogen and oxygen atoms in total. The molecule has 1 N–H and O–H groups in total. The third-order valence-corrected chi connectivity index (χ3v) is 2.67. The van der Waals surface area contributed by atoms with Gasteiger partial charge in [0.2, 0.25) is 0 Å². The third-order valence-electron chi connectivity index (χ3n) is 2.67. The Labute approximate surface area is 120 Å². The van der Waals surface area contributed by atoms with E-state index in [4.69, 9.17) is 9.47 Å². The normalized spacial score (nSPS) is 10.0. The van der Waals surface area contributed by atoms with Gasteiger partial charge in [-0.15, -0.1) is 0 Å². The summed E-state index contributed by atoms with van der Waals surface area (Å²) in [5.74, 6) is -0.231. The van der Waals surface area contributed by atoms with Gasteiger partial charge in [-0.25, -0.2) is 9.78 Å². The van der Waals surface area contributed by atoms with Gasteiger partial charge in [0.15, 0.2) is 5.75 Å². The van der Waals surface area contributed by atoms with Gasteiger partial charge in [-0.1, -0.05) is 18.2 Å². The second-order valence-corrected chi connectivity index (χ2v) is 4.01. The Bertz CT molecular complexity index is 671. The van der Waals surface area contributed by atoms with Crippen LogP contribution in [-0.4, -0.2) is 37.8 Å². The van der Waals surface area contributed by atoms with E-state index < -0.39 is 12.1 Å². The fourth-order valence-corrected chi connectivity index (χ4v) is 1.64. The van der Waals surface area contributed by atoms with Crippen LogP contribution in [0.4, 0.5) is 4.79 Å². The van der Waals surface area contributed by atoms with Crippen molar-refractivity contribution in [1.29, 1.82) is 0 Å². The molecule has 2 aromatic rings. The maximum Gasteiger partial charge on any atom is 0.414 e. The summed E-state index contributed by atoms with van der Waals surface area (Å²) in [6.07, 6.45) is -0.818. The summed E-state index contributed by atoms with van der Waals surface area (Å²) in [4.78, 5) is 26.7. The van der Waals surface area contributed by atoms with Crippen LogP contribution in [0, 0.1) is 0 Å². The zero-order chi connectivity index (χ0) is 15.2. The number of ether oxygens (including phenoxy) is 3. The van der Waals surface area contributed by atoms with Crippen molar-refractivity contribution in [2.75, 3.05) is 20.8 Å². The molecule has 0 radical (unpaired) electrons. The van der Waals surface area contributed by atoms with Crippen LogP contribution >= 0.6 is 0 Å². The molecule has 0 bridgehead atoms. The van der Waals surface area contributed by atoms with Crippen molar-refractivity contribution in [3.63, 3.8) is 0 Å². The second kappa shape index (κ2) is 6.56. The van der Waals surface area contributed by atoms with Crippen molar-refractivity contribution >= 4 is 23.0 Å². The molecule has 2 rings (SSSR count). The van der Waals surface area contributed by atoms with Gasteiger partial charge < -0.3 is 19.5 Å². The van der Waals surface area contributed by atoms with Crippen molar-refractivity contribution in [3.05, 3.63) is 30.3 Å². The molecule has 0 saturated carbocycles. The highest BCUT2D eigenvalue weighted by Gasteiger charge is 2.14. The summed E-state index contributed by atoms with van der Waals surface area (Å²) in [7, 11) is 2.67. The zero-order valence-corrected chi connectivity index (χ0v) is 11.6. The van der Waals surface area contributed by atoms with Crippen LogP contribution in [0.5, 0.6) is 11.6 Å². The summed E-state index contributed by atoms with van der Waals surface area (Å²) >= 11 is 0. The first-order valence-electron chi connectivity index (χ1n) is 6.10. The van der Waals surface area contributed by atoms with Gasteiger partial charge in [0, 0.05) is 5.39 Å². The highest BCUT2D eigenvalue weighted by atomic mass is 16.6. The molecular formula is C14H14N2O5. The van der Waals surface area contributed by atoms with Crippen molar-refractivity contribution in [3.8, 4) is 11.6 Å². The first kappa shape index (κ1) is 14.6. The number of aromatic nitrogens is 1. The number of benzene rings is 1. The lowest BCUT2D eigenvalue weighted by Gasteiger charge is -2.10. The van der Waals surface area contributed by atoms with E-state index >= 15 is 0 Å². The molecule has 0 atom stereocenters. The highest BCUT2D eigenvalue weighted by Crippen LogP contribution is 2.28. The van der Waals surface area contributed by atoms with E-state index in [1.807, 2.05) is 18.2 Å². The Kier molecular flexibility index (Phi) is 4.55. The smallest absolute Gasteiger partial charge is 0.414 e. The number of amides is 1. The number of pyridine rings is 1. The Balaban J connectivity index is 2.16. The van der Waals surface area contributed by atoms with E-state index in [-0.39, 0.29) is 12.4 Å². The molecular weight excluding hydrogens is 276 g/mol. The summed E-state index contributed by atoms with van der Waals surface area (Å²) in [5.41, 5.74) is 0.661. The molecule has 1 amide bonds. The highest BCUT2D eigenvalue weighted by molar-refractivity contribution is 5.83. The monoisotopic (exact) mass is 290 g/mol. The molecule has 0 aliphatic heterocycles. The van der Waals surface area contributed by atoms with E-state index in [0.717, 1.165) is 5.39 Å². The fraction of sp³-hybridized carbons (Fsp3) is 0.214. The molecule has 7 heteroatoms. The van der Waals surface area contributed by atoms with E-state index in [0.29, 0.717) is 11.3 Å². The summed E-state index contributed by atoms with van der Waals surface area (Å²) in [6.45, 7) is -0.286. The fourth-order valence-electron chi connectivity index (χ4n) is 1.64. The van der Waals surface area contributed by atoms with Crippen molar-refractivity contribution in [2.24, 2.45) is 0 Å². The Morgan fingerprint density at radius 3 is 2.71 bits per heavy atom. The first-order valence-corrected chi connectivity index (χ1v) is 6.10. The molecule has 1 heterocycles. The van der Waals surface area contributed by atoms with E-state index in [9.17, 15) is 9.59 Å². The van der Waals surface area contributed by atoms with Gasteiger partial charge in [0.05, 0.1) is 19.7 Å². The van der Waals surface area contributed by atoms with E-state index in [1.165, 1.54) is 14.2 Å². The molecule has 0 unspecified atom stereocenters. The maximum atomic E-state index is 11.6.